The quantitative estimate of drug-likeness (QED) is 0.862. The molecule has 2 rings (SSSR count). The highest BCUT2D eigenvalue weighted by Gasteiger charge is 2.23. The van der Waals surface area contributed by atoms with Crippen LogP contribution in [0.15, 0.2) is 48.5 Å². The summed E-state index contributed by atoms with van der Waals surface area (Å²) in [6.07, 6.45) is 0.0324. The number of rotatable bonds is 5. The SMILES string of the molecule is COC(=O)[C@H](Cc1cccc(F)c1)NC(=O)c1ccccc1F. The van der Waals surface area contributed by atoms with Gasteiger partial charge in [-0.25, -0.2) is 13.6 Å². The highest BCUT2D eigenvalue weighted by Crippen LogP contribution is 2.10. The van der Waals surface area contributed by atoms with E-state index in [1.165, 1.54) is 43.5 Å². The molecule has 0 heterocycles. The number of methoxy groups -OCH3 is 1. The third-order valence-corrected chi connectivity index (χ3v) is 3.24. The van der Waals surface area contributed by atoms with Gasteiger partial charge in [0, 0.05) is 6.42 Å². The zero-order valence-corrected chi connectivity index (χ0v) is 12.4. The molecule has 23 heavy (non-hydrogen) atoms. The first-order valence-corrected chi connectivity index (χ1v) is 6.89. The second-order valence-electron chi connectivity index (χ2n) is 4.86. The molecule has 0 aliphatic carbocycles. The molecule has 0 unspecified atom stereocenters. The van der Waals surface area contributed by atoms with Gasteiger partial charge in [-0.2, -0.15) is 0 Å². The van der Waals surface area contributed by atoms with Crippen LogP contribution in [0.5, 0.6) is 0 Å². The van der Waals surface area contributed by atoms with Gasteiger partial charge < -0.3 is 10.1 Å². The van der Waals surface area contributed by atoms with Crippen LogP contribution in [-0.2, 0) is 16.0 Å². The average molecular weight is 319 g/mol. The Morgan fingerprint density at radius 1 is 1.13 bits per heavy atom. The van der Waals surface area contributed by atoms with Gasteiger partial charge >= 0.3 is 5.97 Å². The summed E-state index contributed by atoms with van der Waals surface area (Å²) in [5.74, 6) is -2.58. The van der Waals surface area contributed by atoms with E-state index in [1.807, 2.05) is 0 Å². The molecular formula is C17H15F2NO3. The van der Waals surface area contributed by atoms with Gasteiger partial charge in [0.2, 0.25) is 0 Å². The number of carbonyl (C=O) groups excluding carboxylic acids is 2. The minimum absolute atomic E-state index is 0.0324. The highest BCUT2D eigenvalue weighted by atomic mass is 19.1. The normalized spacial score (nSPS) is 11.6. The molecule has 0 saturated carbocycles. The van der Waals surface area contributed by atoms with Crippen molar-refractivity contribution < 1.29 is 23.1 Å². The van der Waals surface area contributed by atoms with Crippen molar-refractivity contribution in [3.63, 3.8) is 0 Å². The monoisotopic (exact) mass is 319 g/mol. The van der Waals surface area contributed by atoms with Crippen LogP contribution in [0, 0.1) is 11.6 Å². The van der Waals surface area contributed by atoms with Crippen molar-refractivity contribution in [3.05, 3.63) is 71.3 Å². The summed E-state index contributed by atoms with van der Waals surface area (Å²) in [4.78, 5) is 23.9. The summed E-state index contributed by atoms with van der Waals surface area (Å²) >= 11 is 0. The predicted octanol–water partition coefficient (Wildman–Crippen LogP) is 2.48. The summed E-state index contributed by atoms with van der Waals surface area (Å²) in [5.41, 5.74) is 0.329. The number of benzene rings is 2. The molecular weight excluding hydrogens is 304 g/mol. The number of ether oxygens (including phenoxy) is 1. The van der Waals surface area contributed by atoms with Crippen LogP contribution in [-0.4, -0.2) is 25.0 Å². The average Bonchev–Trinajstić information content (AvgIpc) is 2.54. The van der Waals surface area contributed by atoms with Crippen molar-refractivity contribution in [1.82, 2.24) is 5.32 Å². The molecule has 1 amide bonds. The Labute approximate surface area is 132 Å². The summed E-state index contributed by atoms with van der Waals surface area (Å²) in [7, 11) is 1.18. The molecule has 0 aromatic heterocycles. The Hall–Kier alpha value is -2.76. The fourth-order valence-electron chi connectivity index (χ4n) is 2.12. The molecule has 0 fully saturated rings. The van der Waals surface area contributed by atoms with Gasteiger partial charge in [0.1, 0.15) is 17.7 Å². The van der Waals surface area contributed by atoms with Gasteiger partial charge in [-0.15, -0.1) is 0 Å². The number of carbonyl (C=O) groups is 2. The Balaban J connectivity index is 2.17. The Kier molecular flexibility index (Phi) is 5.41. The van der Waals surface area contributed by atoms with Crippen LogP contribution in [0.25, 0.3) is 0 Å². The molecule has 0 aliphatic heterocycles. The van der Waals surface area contributed by atoms with Gasteiger partial charge in [-0.05, 0) is 29.8 Å². The van der Waals surface area contributed by atoms with Gasteiger partial charge in [0.25, 0.3) is 5.91 Å². The lowest BCUT2D eigenvalue weighted by Crippen LogP contribution is -2.43. The van der Waals surface area contributed by atoms with Crippen LogP contribution in [0.4, 0.5) is 8.78 Å². The Morgan fingerprint density at radius 2 is 1.87 bits per heavy atom. The second kappa shape index (κ2) is 7.49. The van der Waals surface area contributed by atoms with Crippen LogP contribution in [0.1, 0.15) is 15.9 Å². The van der Waals surface area contributed by atoms with E-state index in [-0.39, 0.29) is 12.0 Å². The van der Waals surface area contributed by atoms with Gasteiger partial charge in [0.15, 0.2) is 0 Å². The first kappa shape index (κ1) is 16.6. The number of halogens is 2. The minimum Gasteiger partial charge on any atom is -0.467 e. The first-order valence-electron chi connectivity index (χ1n) is 6.89. The Morgan fingerprint density at radius 3 is 2.52 bits per heavy atom. The zero-order chi connectivity index (χ0) is 16.8. The standard InChI is InChI=1S/C17H15F2NO3/c1-23-17(22)15(10-11-5-4-6-12(18)9-11)20-16(21)13-7-2-3-8-14(13)19/h2-9,15H,10H2,1H3,(H,20,21)/t15-/m0/s1. The summed E-state index contributed by atoms with van der Waals surface area (Å²) < 4.78 is 31.5. The number of nitrogens with one attached hydrogen (secondary N) is 1. The van der Waals surface area contributed by atoms with Crippen LogP contribution >= 0.6 is 0 Å². The summed E-state index contributed by atoms with van der Waals surface area (Å²) in [6.45, 7) is 0. The molecule has 120 valence electrons. The number of hydrogen-bond donors (Lipinski definition) is 1. The van der Waals surface area contributed by atoms with Crippen LogP contribution in [0.3, 0.4) is 0 Å². The van der Waals surface area contributed by atoms with E-state index in [2.05, 4.69) is 10.1 Å². The largest absolute Gasteiger partial charge is 0.467 e. The lowest BCUT2D eigenvalue weighted by molar-refractivity contribution is -0.142. The highest BCUT2D eigenvalue weighted by molar-refractivity contribution is 5.97. The van der Waals surface area contributed by atoms with E-state index < -0.39 is 29.6 Å². The summed E-state index contributed by atoms with van der Waals surface area (Å²) in [6, 6.07) is 10.0. The number of amides is 1. The molecule has 0 saturated heterocycles. The Bertz CT molecular complexity index is 718. The third-order valence-electron chi connectivity index (χ3n) is 3.24. The molecule has 4 nitrogen and oxygen atoms in total. The van der Waals surface area contributed by atoms with Gasteiger partial charge in [-0.1, -0.05) is 24.3 Å². The topological polar surface area (TPSA) is 55.4 Å². The number of esters is 1. The third kappa shape index (κ3) is 4.35. The van der Waals surface area contributed by atoms with Crippen molar-refractivity contribution in [2.75, 3.05) is 7.11 Å². The molecule has 0 aliphatic rings. The van der Waals surface area contributed by atoms with E-state index in [0.717, 1.165) is 6.07 Å². The molecule has 1 atom stereocenters. The second-order valence-corrected chi connectivity index (χ2v) is 4.86. The van der Waals surface area contributed by atoms with Crippen LogP contribution < -0.4 is 5.32 Å². The molecule has 0 bridgehead atoms. The predicted molar refractivity (Wildman–Crippen MR) is 79.8 cm³/mol. The molecule has 2 aromatic rings. The maximum absolute atomic E-state index is 13.6. The first-order chi connectivity index (χ1) is 11.0. The molecule has 6 heteroatoms. The zero-order valence-electron chi connectivity index (χ0n) is 12.4. The van der Waals surface area contributed by atoms with E-state index >= 15 is 0 Å². The molecule has 0 spiro atoms. The van der Waals surface area contributed by atoms with Crippen molar-refractivity contribution in [2.24, 2.45) is 0 Å². The maximum atomic E-state index is 13.6. The lowest BCUT2D eigenvalue weighted by atomic mass is 10.1. The van der Waals surface area contributed by atoms with Crippen molar-refractivity contribution >= 4 is 11.9 Å². The van der Waals surface area contributed by atoms with Gasteiger partial charge in [0.05, 0.1) is 12.7 Å². The minimum atomic E-state index is -1.05. The van der Waals surface area contributed by atoms with E-state index in [9.17, 15) is 18.4 Å². The maximum Gasteiger partial charge on any atom is 0.328 e. The number of hydrogen-bond acceptors (Lipinski definition) is 3. The fourth-order valence-corrected chi connectivity index (χ4v) is 2.12. The van der Waals surface area contributed by atoms with Crippen molar-refractivity contribution in [3.8, 4) is 0 Å². The smallest absolute Gasteiger partial charge is 0.328 e. The fraction of sp³-hybridized carbons (Fsp3) is 0.176. The van der Waals surface area contributed by atoms with E-state index in [4.69, 9.17) is 0 Å². The van der Waals surface area contributed by atoms with Gasteiger partial charge in [-0.3, -0.25) is 4.79 Å². The van der Waals surface area contributed by atoms with Crippen LogP contribution in [0.2, 0.25) is 0 Å². The molecule has 0 radical (unpaired) electrons. The van der Waals surface area contributed by atoms with Crippen molar-refractivity contribution in [2.45, 2.75) is 12.5 Å². The lowest BCUT2D eigenvalue weighted by Gasteiger charge is -2.17. The summed E-state index contributed by atoms with van der Waals surface area (Å²) in [5, 5.41) is 2.42. The molecule has 1 N–H and O–H groups in total. The van der Waals surface area contributed by atoms with E-state index in [1.54, 1.807) is 6.07 Å². The van der Waals surface area contributed by atoms with E-state index in [0.29, 0.717) is 5.56 Å². The van der Waals surface area contributed by atoms with Crippen molar-refractivity contribution in [1.29, 1.82) is 0 Å². The molecule has 2 aromatic carbocycles.